The molecule has 8 heteroatoms. The second-order valence-electron chi connectivity index (χ2n) is 8.74. The molecule has 186 valence electrons. The van der Waals surface area contributed by atoms with Gasteiger partial charge in [0, 0.05) is 42.3 Å². The van der Waals surface area contributed by atoms with Crippen LogP contribution in [0.3, 0.4) is 0 Å². The first kappa shape index (κ1) is 24.1. The van der Waals surface area contributed by atoms with E-state index in [1.165, 1.54) is 12.1 Å². The Bertz CT molecular complexity index is 1370. The van der Waals surface area contributed by atoms with Gasteiger partial charge in [0.2, 0.25) is 0 Å². The van der Waals surface area contributed by atoms with E-state index < -0.39 is 11.7 Å². The lowest BCUT2D eigenvalue weighted by Crippen LogP contribution is -2.36. The molecule has 4 aromatic rings. The number of fused-ring (bicyclic) bond motifs is 1. The highest BCUT2D eigenvalue weighted by atomic mass is 19.4. The molecule has 0 unspecified atom stereocenters. The molecule has 1 aromatic heterocycles. The number of morpholine rings is 1. The molecule has 1 aliphatic rings. The zero-order chi connectivity index (χ0) is 25.1. The van der Waals surface area contributed by atoms with Crippen LogP contribution < -0.4 is 9.64 Å². The van der Waals surface area contributed by atoms with Gasteiger partial charge in [-0.2, -0.15) is 13.2 Å². The summed E-state index contributed by atoms with van der Waals surface area (Å²) in [7, 11) is 1.66. The number of methoxy groups -OCH3 is 1. The van der Waals surface area contributed by atoms with Crippen LogP contribution in [-0.4, -0.2) is 43.4 Å². The Kier molecular flexibility index (Phi) is 6.78. The minimum atomic E-state index is -4.36. The molecule has 0 atom stereocenters. The van der Waals surface area contributed by atoms with Crippen LogP contribution >= 0.6 is 0 Å². The summed E-state index contributed by atoms with van der Waals surface area (Å²) in [5, 5.41) is 2.16. The minimum absolute atomic E-state index is 0.421. The number of halogens is 3. The lowest BCUT2D eigenvalue weighted by Gasteiger charge is -2.30. The van der Waals surface area contributed by atoms with Crippen molar-refractivity contribution in [1.82, 2.24) is 9.97 Å². The smallest absolute Gasteiger partial charge is 0.416 e. The molecule has 0 N–H and O–H groups in total. The van der Waals surface area contributed by atoms with Gasteiger partial charge >= 0.3 is 6.18 Å². The Morgan fingerprint density at radius 1 is 0.972 bits per heavy atom. The summed E-state index contributed by atoms with van der Waals surface area (Å²) < 4.78 is 50.2. The van der Waals surface area contributed by atoms with Gasteiger partial charge in [-0.3, -0.25) is 0 Å². The maximum atomic E-state index is 13.1. The molecule has 5 rings (SSSR count). The topological polar surface area (TPSA) is 47.5 Å². The molecule has 2 heterocycles. The van der Waals surface area contributed by atoms with E-state index in [0.29, 0.717) is 37.4 Å². The maximum absolute atomic E-state index is 13.1. The monoisotopic (exact) mass is 493 g/mol. The Morgan fingerprint density at radius 3 is 2.58 bits per heavy atom. The normalized spacial score (nSPS) is 14.3. The molecule has 1 fully saturated rings. The summed E-state index contributed by atoms with van der Waals surface area (Å²) in [5.74, 6) is 1.39. The van der Waals surface area contributed by atoms with Crippen molar-refractivity contribution in [3.8, 4) is 17.0 Å². The van der Waals surface area contributed by atoms with Gasteiger partial charge in [-0.15, -0.1) is 0 Å². The third-order valence-corrected chi connectivity index (χ3v) is 6.38. The van der Waals surface area contributed by atoms with Gasteiger partial charge in [-0.25, -0.2) is 9.97 Å². The van der Waals surface area contributed by atoms with E-state index in [1.807, 2.05) is 24.3 Å². The van der Waals surface area contributed by atoms with Crippen LogP contribution in [-0.2, 0) is 23.8 Å². The van der Waals surface area contributed by atoms with Gasteiger partial charge < -0.3 is 14.4 Å². The fourth-order valence-corrected chi connectivity index (χ4v) is 4.50. The van der Waals surface area contributed by atoms with Crippen molar-refractivity contribution in [2.75, 3.05) is 38.3 Å². The van der Waals surface area contributed by atoms with Crippen molar-refractivity contribution in [3.05, 3.63) is 83.8 Å². The Morgan fingerprint density at radius 2 is 1.81 bits per heavy atom. The van der Waals surface area contributed by atoms with Crippen molar-refractivity contribution in [2.45, 2.75) is 19.0 Å². The third-order valence-electron chi connectivity index (χ3n) is 6.38. The van der Waals surface area contributed by atoms with E-state index in [0.717, 1.165) is 52.6 Å². The van der Waals surface area contributed by atoms with Crippen LogP contribution in [0.1, 0.15) is 17.0 Å². The molecule has 3 aromatic carbocycles. The summed E-state index contributed by atoms with van der Waals surface area (Å²) >= 11 is 0. The van der Waals surface area contributed by atoms with Crippen LogP contribution in [0.2, 0.25) is 0 Å². The highest BCUT2D eigenvalue weighted by Gasteiger charge is 2.30. The van der Waals surface area contributed by atoms with Crippen molar-refractivity contribution >= 4 is 16.5 Å². The number of anilines is 1. The fraction of sp³-hybridized carbons (Fsp3) is 0.286. The first-order valence-electron chi connectivity index (χ1n) is 11.8. The summed E-state index contributed by atoms with van der Waals surface area (Å²) in [6.07, 6.45) is -1.79. The molecule has 5 nitrogen and oxygen atoms in total. The minimum Gasteiger partial charge on any atom is -0.497 e. The third kappa shape index (κ3) is 5.28. The SMILES string of the molecule is COc1ccc2cc(-c3ccnc(CCc4cccc(C(F)(F)F)c4)n3)cc(N3CCOCC3)c2c1. The molecule has 0 radical (unpaired) electrons. The molecule has 1 aliphatic heterocycles. The fourth-order valence-electron chi connectivity index (χ4n) is 4.50. The van der Waals surface area contributed by atoms with E-state index in [9.17, 15) is 13.2 Å². The molecule has 0 aliphatic carbocycles. The molecule has 0 amide bonds. The van der Waals surface area contributed by atoms with Crippen LogP contribution in [0, 0.1) is 0 Å². The largest absolute Gasteiger partial charge is 0.497 e. The van der Waals surface area contributed by atoms with Crippen molar-refractivity contribution in [3.63, 3.8) is 0 Å². The first-order chi connectivity index (χ1) is 17.4. The van der Waals surface area contributed by atoms with Crippen LogP contribution in [0.4, 0.5) is 18.9 Å². The van der Waals surface area contributed by atoms with Gasteiger partial charge in [0.05, 0.1) is 31.6 Å². The summed E-state index contributed by atoms with van der Waals surface area (Å²) in [6, 6.07) is 17.5. The molecule has 1 saturated heterocycles. The number of rotatable bonds is 6. The Labute approximate surface area is 207 Å². The number of hydrogen-bond donors (Lipinski definition) is 0. The highest BCUT2D eigenvalue weighted by molar-refractivity contribution is 5.98. The summed E-state index contributed by atoms with van der Waals surface area (Å²) in [4.78, 5) is 11.4. The molecule has 0 bridgehead atoms. The van der Waals surface area contributed by atoms with Crippen LogP contribution in [0.15, 0.2) is 66.9 Å². The zero-order valence-electron chi connectivity index (χ0n) is 19.9. The quantitative estimate of drug-likeness (QED) is 0.332. The Hall–Kier alpha value is -3.65. The zero-order valence-corrected chi connectivity index (χ0v) is 19.9. The van der Waals surface area contributed by atoms with Crippen molar-refractivity contribution in [2.24, 2.45) is 0 Å². The molecular weight excluding hydrogens is 467 g/mol. The van der Waals surface area contributed by atoms with Gasteiger partial charge in [0.25, 0.3) is 0 Å². The molecule has 36 heavy (non-hydrogen) atoms. The van der Waals surface area contributed by atoms with Crippen molar-refractivity contribution < 1.29 is 22.6 Å². The Balaban J connectivity index is 1.45. The number of ether oxygens (including phenoxy) is 2. The standard InChI is InChI=1S/C28H26F3N3O2/c1-35-23-7-6-20-16-21(17-26(24(20)18-23)34-11-13-36-14-12-34)25-9-10-32-27(33-25)8-5-19-3-2-4-22(15-19)28(29,30)31/h2-4,6-7,9-10,15-18H,5,8,11-14H2,1H3. The average molecular weight is 494 g/mol. The average Bonchev–Trinajstić information content (AvgIpc) is 2.91. The second-order valence-corrected chi connectivity index (χ2v) is 8.74. The van der Waals surface area contributed by atoms with Crippen LogP contribution in [0.25, 0.3) is 22.0 Å². The number of aromatic nitrogens is 2. The van der Waals surface area contributed by atoms with Gasteiger partial charge in [-0.05, 0) is 53.8 Å². The predicted octanol–water partition coefficient (Wildman–Crippen LogP) is 5.95. The number of benzene rings is 3. The lowest BCUT2D eigenvalue weighted by molar-refractivity contribution is -0.137. The number of nitrogens with zero attached hydrogens (tertiary/aromatic N) is 3. The maximum Gasteiger partial charge on any atom is 0.416 e. The predicted molar refractivity (Wildman–Crippen MR) is 133 cm³/mol. The van der Waals surface area contributed by atoms with Crippen molar-refractivity contribution in [1.29, 1.82) is 0 Å². The van der Waals surface area contributed by atoms with Gasteiger partial charge in [0.15, 0.2) is 0 Å². The number of alkyl halides is 3. The van der Waals surface area contributed by atoms with E-state index in [2.05, 4.69) is 22.0 Å². The van der Waals surface area contributed by atoms with Crippen LogP contribution in [0.5, 0.6) is 5.75 Å². The first-order valence-corrected chi connectivity index (χ1v) is 11.8. The van der Waals surface area contributed by atoms with E-state index in [4.69, 9.17) is 14.5 Å². The second kappa shape index (κ2) is 10.1. The number of aryl methyl sites for hydroxylation is 2. The summed E-state index contributed by atoms with van der Waals surface area (Å²) in [5.41, 5.74) is 2.79. The van der Waals surface area contributed by atoms with E-state index in [1.54, 1.807) is 19.4 Å². The van der Waals surface area contributed by atoms with Gasteiger partial charge in [0.1, 0.15) is 11.6 Å². The van der Waals surface area contributed by atoms with Gasteiger partial charge in [-0.1, -0.05) is 24.3 Å². The molecular formula is C28H26F3N3O2. The molecule has 0 saturated carbocycles. The number of hydrogen-bond acceptors (Lipinski definition) is 5. The summed E-state index contributed by atoms with van der Waals surface area (Å²) in [6.45, 7) is 2.93. The van der Waals surface area contributed by atoms with E-state index in [-0.39, 0.29) is 0 Å². The lowest BCUT2D eigenvalue weighted by atomic mass is 10.0. The highest BCUT2D eigenvalue weighted by Crippen LogP contribution is 2.35. The molecule has 0 spiro atoms. The van der Waals surface area contributed by atoms with E-state index >= 15 is 0 Å².